The SMILES string of the molecule is Cc1ccc(Cc2ccc3c(c2)CCC(C)N3)cc1. The first-order valence-electron chi connectivity index (χ1n) is 7.14. The Labute approximate surface area is 115 Å². The van der Waals surface area contributed by atoms with E-state index in [-0.39, 0.29) is 0 Å². The molecular weight excluding hydrogens is 230 g/mol. The minimum atomic E-state index is 0.607. The second kappa shape index (κ2) is 5.08. The van der Waals surface area contributed by atoms with Crippen molar-refractivity contribution >= 4 is 5.69 Å². The predicted octanol–water partition coefficient (Wildman–Crippen LogP) is 4.33. The molecular formula is C18H21N. The van der Waals surface area contributed by atoms with Gasteiger partial charge in [-0.3, -0.25) is 0 Å². The van der Waals surface area contributed by atoms with Gasteiger partial charge in [0.05, 0.1) is 0 Å². The molecule has 2 aromatic carbocycles. The summed E-state index contributed by atoms with van der Waals surface area (Å²) in [6.07, 6.45) is 3.47. The van der Waals surface area contributed by atoms with Crippen LogP contribution in [0.15, 0.2) is 42.5 Å². The molecule has 0 bridgehead atoms. The summed E-state index contributed by atoms with van der Waals surface area (Å²) in [5.74, 6) is 0. The fourth-order valence-corrected chi connectivity index (χ4v) is 2.76. The normalized spacial score (nSPS) is 17.7. The van der Waals surface area contributed by atoms with Crippen molar-refractivity contribution in [2.24, 2.45) is 0 Å². The van der Waals surface area contributed by atoms with Crippen LogP contribution in [0.4, 0.5) is 5.69 Å². The lowest BCUT2D eigenvalue weighted by Crippen LogP contribution is -2.21. The van der Waals surface area contributed by atoms with Crippen molar-refractivity contribution in [1.82, 2.24) is 0 Å². The van der Waals surface area contributed by atoms with Gasteiger partial charge in [0, 0.05) is 11.7 Å². The van der Waals surface area contributed by atoms with Gasteiger partial charge in [-0.2, -0.15) is 0 Å². The molecule has 0 aromatic heterocycles. The highest BCUT2D eigenvalue weighted by Crippen LogP contribution is 2.26. The fourth-order valence-electron chi connectivity index (χ4n) is 2.76. The number of benzene rings is 2. The minimum absolute atomic E-state index is 0.607. The molecule has 19 heavy (non-hydrogen) atoms. The molecule has 1 atom stereocenters. The van der Waals surface area contributed by atoms with Crippen LogP contribution < -0.4 is 5.32 Å². The van der Waals surface area contributed by atoms with Crippen LogP contribution in [0.1, 0.15) is 35.6 Å². The van der Waals surface area contributed by atoms with Crippen LogP contribution in [0, 0.1) is 6.92 Å². The molecule has 0 amide bonds. The van der Waals surface area contributed by atoms with E-state index < -0.39 is 0 Å². The number of rotatable bonds is 2. The van der Waals surface area contributed by atoms with Crippen LogP contribution in [0.25, 0.3) is 0 Å². The average molecular weight is 251 g/mol. The number of nitrogens with one attached hydrogen (secondary N) is 1. The summed E-state index contributed by atoms with van der Waals surface area (Å²) < 4.78 is 0. The van der Waals surface area contributed by atoms with Crippen LogP contribution >= 0.6 is 0 Å². The van der Waals surface area contributed by atoms with E-state index >= 15 is 0 Å². The quantitative estimate of drug-likeness (QED) is 0.837. The molecule has 0 aliphatic carbocycles. The first kappa shape index (κ1) is 12.3. The second-order valence-electron chi connectivity index (χ2n) is 5.74. The highest BCUT2D eigenvalue weighted by atomic mass is 14.9. The molecule has 0 saturated carbocycles. The third-order valence-corrected chi connectivity index (χ3v) is 3.95. The van der Waals surface area contributed by atoms with E-state index in [0.29, 0.717) is 6.04 Å². The van der Waals surface area contributed by atoms with E-state index in [9.17, 15) is 0 Å². The average Bonchev–Trinajstić information content (AvgIpc) is 2.42. The lowest BCUT2D eigenvalue weighted by molar-refractivity contribution is 0.680. The second-order valence-corrected chi connectivity index (χ2v) is 5.74. The Kier molecular flexibility index (Phi) is 3.29. The number of aryl methyl sites for hydroxylation is 2. The van der Waals surface area contributed by atoms with Crippen molar-refractivity contribution < 1.29 is 0 Å². The number of hydrogen-bond donors (Lipinski definition) is 1. The molecule has 0 saturated heterocycles. The van der Waals surface area contributed by atoms with Gasteiger partial charge in [-0.05, 0) is 55.9 Å². The van der Waals surface area contributed by atoms with Crippen molar-refractivity contribution in [2.45, 2.75) is 39.2 Å². The summed E-state index contributed by atoms with van der Waals surface area (Å²) in [6, 6.07) is 16.3. The molecule has 1 N–H and O–H groups in total. The maximum Gasteiger partial charge on any atom is 0.0374 e. The van der Waals surface area contributed by atoms with Gasteiger partial charge in [-0.15, -0.1) is 0 Å². The van der Waals surface area contributed by atoms with Crippen LogP contribution in [0.5, 0.6) is 0 Å². The molecule has 0 fully saturated rings. The summed E-state index contributed by atoms with van der Waals surface area (Å²) in [5.41, 5.74) is 6.93. The lowest BCUT2D eigenvalue weighted by Gasteiger charge is -2.24. The minimum Gasteiger partial charge on any atom is -0.382 e. The Morgan fingerprint density at radius 2 is 1.79 bits per heavy atom. The molecule has 1 heterocycles. The molecule has 1 aliphatic heterocycles. The Morgan fingerprint density at radius 1 is 1.05 bits per heavy atom. The Balaban J connectivity index is 1.80. The van der Waals surface area contributed by atoms with Crippen LogP contribution in [-0.4, -0.2) is 6.04 Å². The van der Waals surface area contributed by atoms with Gasteiger partial charge >= 0.3 is 0 Å². The molecule has 1 unspecified atom stereocenters. The van der Waals surface area contributed by atoms with Crippen molar-refractivity contribution in [3.8, 4) is 0 Å². The Hall–Kier alpha value is -1.76. The maximum atomic E-state index is 3.56. The topological polar surface area (TPSA) is 12.0 Å². The van der Waals surface area contributed by atoms with Gasteiger partial charge in [0.1, 0.15) is 0 Å². The van der Waals surface area contributed by atoms with E-state index in [0.717, 1.165) is 6.42 Å². The van der Waals surface area contributed by atoms with Crippen LogP contribution in [-0.2, 0) is 12.8 Å². The first-order valence-corrected chi connectivity index (χ1v) is 7.14. The number of fused-ring (bicyclic) bond motifs is 1. The molecule has 98 valence electrons. The zero-order valence-electron chi connectivity index (χ0n) is 11.7. The molecule has 3 rings (SSSR count). The lowest BCUT2D eigenvalue weighted by atomic mass is 9.95. The van der Waals surface area contributed by atoms with Crippen molar-refractivity contribution in [1.29, 1.82) is 0 Å². The largest absolute Gasteiger partial charge is 0.382 e. The van der Waals surface area contributed by atoms with Gasteiger partial charge < -0.3 is 5.32 Å². The van der Waals surface area contributed by atoms with E-state index in [1.807, 2.05) is 0 Å². The Bertz CT molecular complexity index is 569. The van der Waals surface area contributed by atoms with E-state index in [1.165, 1.54) is 40.8 Å². The summed E-state index contributed by atoms with van der Waals surface area (Å²) in [7, 11) is 0. The Morgan fingerprint density at radius 3 is 2.58 bits per heavy atom. The standard InChI is InChI=1S/C18H21N/c1-13-3-6-15(7-4-13)11-16-8-10-18-17(12-16)9-5-14(2)19-18/h3-4,6-8,10,12,14,19H,5,9,11H2,1-2H3. The summed E-state index contributed by atoms with van der Waals surface area (Å²) in [6.45, 7) is 4.39. The highest BCUT2D eigenvalue weighted by molar-refractivity contribution is 5.55. The fraction of sp³-hybridized carbons (Fsp3) is 0.333. The number of anilines is 1. The summed E-state index contributed by atoms with van der Waals surface area (Å²) >= 11 is 0. The third-order valence-electron chi connectivity index (χ3n) is 3.95. The first-order chi connectivity index (χ1) is 9.20. The van der Waals surface area contributed by atoms with Crippen LogP contribution in [0.2, 0.25) is 0 Å². The highest BCUT2D eigenvalue weighted by Gasteiger charge is 2.13. The molecule has 1 heteroatoms. The molecule has 0 spiro atoms. The van der Waals surface area contributed by atoms with Gasteiger partial charge in [0.25, 0.3) is 0 Å². The number of hydrogen-bond acceptors (Lipinski definition) is 1. The van der Waals surface area contributed by atoms with Crippen molar-refractivity contribution in [3.05, 3.63) is 64.7 Å². The zero-order valence-corrected chi connectivity index (χ0v) is 11.7. The third kappa shape index (κ3) is 2.81. The summed E-state index contributed by atoms with van der Waals surface area (Å²) in [4.78, 5) is 0. The molecule has 2 aromatic rings. The van der Waals surface area contributed by atoms with Gasteiger partial charge in [0.15, 0.2) is 0 Å². The van der Waals surface area contributed by atoms with Crippen LogP contribution in [0.3, 0.4) is 0 Å². The van der Waals surface area contributed by atoms with E-state index in [2.05, 4.69) is 61.6 Å². The monoisotopic (exact) mass is 251 g/mol. The molecule has 1 aliphatic rings. The van der Waals surface area contributed by atoms with Gasteiger partial charge in [-0.25, -0.2) is 0 Å². The molecule has 0 radical (unpaired) electrons. The predicted molar refractivity (Wildman–Crippen MR) is 81.8 cm³/mol. The van der Waals surface area contributed by atoms with Gasteiger partial charge in [0.2, 0.25) is 0 Å². The summed E-state index contributed by atoms with van der Waals surface area (Å²) in [5, 5.41) is 3.56. The van der Waals surface area contributed by atoms with Crippen molar-refractivity contribution in [2.75, 3.05) is 5.32 Å². The molecule has 1 nitrogen and oxygen atoms in total. The van der Waals surface area contributed by atoms with E-state index in [4.69, 9.17) is 0 Å². The van der Waals surface area contributed by atoms with Gasteiger partial charge in [-0.1, -0.05) is 42.0 Å². The zero-order chi connectivity index (χ0) is 13.2. The van der Waals surface area contributed by atoms with E-state index in [1.54, 1.807) is 0 Å². The smallest absolute Gasteiger partial charge is 0.0374 e. The maximum absolute atomic E-state index is 3.56. The van der Waals surface area contributed by atoms with Crippen molar-refractivity contribution in [3.63, 3.8) is 0 Å².